The summed E-state index contributed by atoms with van der Waals surface area (Å²) < 4.78 is 5.55. The van der Waals surface area contributed by atoms with Crippen LogP contribution in [0.15, 0.2) is 30.3 Å². The summed E-state index contributed by atoms with van der Waals surface area (Å²) in [5.41, 5.74) is 0. The van der Waals surface area contributed by atoms with Crippen LogP contribution >= 0.6 is 0 Å². The zero-order valence-electron chi connectivity index (χ0n) is 12.5. The molecule has 0 saturated carbocycles. The number of amides is 1. The standard InChI is InChI=1S/C16H23NO4/c1-12(10-15(18)19)11-17-16(20)13(2)8-9-21-14-6-4-3-5-7-14/h3-7,12-13H,8-11H2,1-2H3,(H,17,20)(H,18,19). The topological polar surface area (TPSA) is 75.6 Å². The minimum absolute atomic E-state index is 0.0613. The molecule has 1 rings (SSSR count). The molecular formula is C16H23NO4. The highest BCUT2D eigenvalue weighted by Crippen LogP contribution is 2.10. The van der Waals surface area contributed by atoms with Gasteiger partial charge in [-0.1, -0.05) is 32.0 Å². The van der Waals surface area contributed by atoms with Crippen LogP contribution in [0.1, 0.15) is 26.7 Å². The number of para-hydroxylation sites is 1. The molecule has 0 aromatic heterocycles. The maximum absolute atomic E-state index is 11.9. The fraction of sp³-hybridized carbons (Fsp3) is 0.500. The fourth-order valence-electron chi connectivity index (χ4n) is 1.82. The highest BCUT2D eigenvalue weighted by molar-refractivity contribution is 5.78. The Hall–Kier alpha value is -2.04. The van der Waals surface area contributed by atoms with Crippen LogP contribution in [0.25, 0.3) is 0 Å². The highest BCUT2D eigenvalue weighted by Gasteiger charge is 2.14. The lowest BCUT2D eigenvalue weighted by Crippen LogP contribution is -2.33. The van der Waals surface area contributed by atoms with Gasteiger partial charge in [0.25, 0.3) is 0 Å². The van der Waals surface area contributed by atoms with E-state index in [2.05, 4.69) is 5.32 Å². The Labute approximate surface area is 125 Å². The number of nitrogens with one attached hydrogen (secondary N) is 1. The minimum Gasteiger partial charge on any atom is -0.494 e. The van der Waals surface area contributed by atoms with Crippen molar-refractivity contribution in [2.75, 3.05) is 13.2 Å². The molecular weight excluding hydrogens is 270 g/mol. The molecule has 1 aromatic rings. The van der Waals surface area contributed by atoms with Crippen molar-refractivity contribution in [1.82, 2.24) is 5.32 Å². The molecule has 5 heteroatoms. The van der Waals surface area contributed by atoms with Crippen molar-refractivity contribution in [2.45, 2.75) is 26.7 Å². The molecule has 0 saturated heterocycles. The van der Waals surface area contributed by atoms with Crippen LogP contribution in [-0.2, 0) is 9.59 Å². The Balaban J connectivity index is 2.20. The molecule has 0 fully saturated rings. The maximum atomic E-state index is 11.9. The van der Waals surface area contributed by atoms with Crippen LogP contribution in [0.2, 0.25) is 0 Å². The second-order valence-electron chi connectivity index (χ2n) is 5.30. The average molecular weight is 293 g/mol. The third kappa shape index (κ3) is 7.34. The molecule has 2 unspecified atom stereocenters. The number of rotatable bonds is 9. The molecule has 116 valence electrons. The van der Waals surface area contributed by atoms with Gasteiger partial charge in [0.1, 0.15) is 5.75 Å². The summed E-state index contributed by atoms with van der Waals surface area (Å²) in [6.45, 7) is 4.50. The Morgan fingerprint density at radius 2 is 1.90 bits per heavy atom. The number of carboxylic acid groups (broad SMARTS) is 1. The van der Waals surface area contributed by atoms with E-state index in [1.165, 1.54) is 0 Å². The second kappa shape index (κ2) is 9.00. The molecule has 0 heterocycles. The van der Waals surface area contributed by atoms with Crippen molar-refractivity contribution in [3.63, 3.8) is 0 Å². The minimum atomic E-state index is -0.846. The van der Waals surface area contributed by atoms with Crippen molar-refractivity contribution in [2.24, 2.45) is 11.8 Å². The second-order valence-corrected chi connectivity index (χ2v) is 5.30. The lowest BCUT2D eigenvalue weighted by molar-refractivity contribution is -0.138. The van der Waals surface area contributed by atoms with Gasteiger partial charge in [0.05, 0.1) is 6.61 Å². The first kappa shape index (κ1) is 17.0. The highest BCUT2D eigenvalue weighted by atomic mass is 16.5. The molecule has 0 aliphatic rings. The maximum Gasteiger partial charge on any atom is 0.303 e. The monoisotopic (exact) mass is 293 g/mol. The number of carbonyl (C=O) groups excluding carboxylic acids is 1. The van der Waals surface area contributed by atoms with Crippen LogP contribution in [0.4, 0.5) is 0 Å². The average Bonchev–Trinajstić information content (AvgIpc) is 2.45. The van der Waals surface area contributed by atoms with Gasteiger partial charge in [-0.05, 0) is 24.5 Å². The van der Waals surface area contributed by atoms with Gasteiger partial charge in [0.15, 0.2) is 0 Å². The largest absolute Gasteiger partial charge is 0.494 e. The van der Waals surface area contributed by atoms with Crippen LogP contribution < -0.4 is 10.1 Å². The van der Waals surface area contributed by atoms with E-state index in [9.17, 15) is 9.59 Å². The van der Waals surface area contributed by atoms with Crippen molar-refractivity contribution in [1.29, 1.82) is 0 Å². The molecule has 0 aliphatic carbocycles. The lowest BCUT2D eigenvalue weighted by atomic mass is 10.1. The number of ether oxygens (including phenoxy) is 1. The smallest absolute Gasteiger partial charge is 0.303 e. The quantitative estimate of drug-likeness (QED) is 0.732. The van der Waals surface area contributed by atoms with E-state index in [1.807, 2.05) is 37.3 Å². The van der Waals surface area contributed by atoms with Gasteiger partial charge in [-0.25, -0.2) is 0 Å². The van der Waals surface area contributed by atoms with Gasteiger partial charge >= 0.3 is 5.97 Å². The van der Waals surface area contributed by atoms with E-state index in [0.717, 1.165) is 5.75 Å². The number of hydrogen-bond donors (Lipinski definition) is 2. The SMILES string of the molecule is CC(CNC(=O)C(C)CCOc1ccccc1)CC(=O)O. The van der Waals surface area contributed by atoms with Crippen molar-refractivity contribution >= 4 is 11.9 Å². The molecule has 1 aromatic carbocycles. The van der Waals surface area contributed by atoms with Gasteiger partial charge in [-0.15, -0.1) is 0 Å². The normalized spacial score (nSPS) is 13.2. The van der Waals surface area contributed by atoms with Gasteiger partial charge in [-0.2, -0.15) is 0 Å². The van der Waals surface area contributed by atoms with Gasteiger partial charge in [0, 0.05) is 18.9 Å². The number of hydrogen-bond acceptors (Lipinski definition) is 3. The molecule has 21 heavy (non-hydrogen) atoms. The fourth-order valence-corrected chi connectivity index (χ4v) is 1.82. The number of aliphatic carboxylic acids is 1. The number of carboxylic acids is 1. The van der Waals surface area contributed by atoms with E-state index >= 15 is 0 Å². The zero-order chi connectivity index (χ0) is 15.7. The summed E-state index contributed by atoms with van der Waals surface area (Å²) in [4.78, 5) is 22.4. The van der Waals surface area contributed by atoms with Gasteiger partial charge in [-0.3, -0.25) is 9.59 Å². The van der Waals surface area contributed by atoms with Crippen molar-refractivity contribution in [3.8, 4) is 5.75 Å². The van der Waals surface area contributed by atoms with Crippen molar-refractivity contribution in [3.05, 3.63) is 30.3 Å². The number of carbonyl (C=O) groups is 2. The van der Waals surface area contributed by atoms with E-state index < -0.39 is 5.97 Å². The molecule has 0 aliphatic heterocycles. The van der Waals surface area contributed by atoms with Gasteiger partial charge in [0.2, 0.25) is 5.91 Å². The predicted molar refractivity (Wildman–Crippen MR) is 80.1 cm³/mol. The Morgan fingerprint density at radius 3 is 2.52 bits per heavy atom. The first-order valence-corrected chi connectivity index (χ1v) is 7.16. The first-order chi connectivity index (χ1) is 9.99. The first-order valence-electron chi connectivity index (χ1n) is 7.16. The van der Waals surface area contributed by atoms with E-state index in [1.54, 1.807) is 6.92 Å². The Kier molecular flexibility index (Phi) is 7.29. The summed E-state index contributed by atoms with van der Waals surface area (Å²) in [6, 6.07) is 9.46. The Bertz CT molecular complexity index is 447. The predicted octanol–water partition coefficient (Wildman–Crippen LogP) is 2.32. The summed E-state index contributed by atoms with van der Waals surface area (Å²) in [5.74, 6) is -0.352. The van der Waals surface area contributed by atoms with Crippen LogP contribution in [-0.4, -0.2) is 30.1 Å². The summed E-state index contributed by atoms with van der Waals surface area (Å²) in [5, 5.41) is 11.4. The molecule has 1 amide bonds. The van der Waals surface area contributed by atoms with Crippen LogP contribution in [0.5, 0.6) is 5.75 Å². The number of benzene rings is 1. The lowest BCUT2D eigenvalue weighted by Gasteiger charge is -2.15. The molecule has 0 radical (unpaired) electrons. The zero-order valence-corrected chi connectivity index (χ0v) is 12.5. The summed E-state index contributed by atoms with van der Waals surface area (Å²) in [7, 11) is 0. The van der Waals surface area contributed by atoms with Gasteiger partial charge < -0.3 is 15.2 Å². The van der Waals surface area contributed by atoms with Crippen LogP contribution in [0.3, 0.4) is 0 Å². The molecule has 0 spiro atoms. The third-order valence-corrected chi connectivity index (χ3v) is 3.16. The summed E-state index contributed by atoms with van der Waals surface area (Å²) in [6.07, 6.45) is 0.680. The van der Waals surface area contributed by atoms with Crippen LogP contribution in [0, 0.1) is 11.8 Å². The molecule has 0 bridgehead atoms. The molecule has 2 atom stereocenters. The van der Waals surface area contributed by atoms with E-state index in [-0.39, 0.29) is 24.2 Å². The van der Waals surface area contributed by atoms with E-state index in [4.69, 9.17) is 9.84 Å². The molecule has 2 N–H and O–H groups in total. The molecule has 5 nitrogen and oxygen atoms in total. The van der Waals surface area contributed by atoms with Crippen molar-refractivity contribution < 1.29 is 19.4 Å². The summed E-state index contributed by atoms with van der Waals surface area (Å²) >= 11 is 0. The third-order valence-electron chi connectivity index (χ3n) is 3.16. The van der Waals surface area contributed by atoms with E-state index in [0.29, 0.717) is 19.6 Å². The Morgan fingerprint density at radius 1 is 1.24 bits per heavy atom.